The van der Waals surface area contributed by atoms with Crippen LogP contribution >= 0.6 is 24.0 Å². The quantitative estimate of drug-likeness (QED) is 0.183. The molecule has 0 aliphatic heterocycles. The van der Waals surface area contributed by atoms with Crippen LogP contribution in [0, 0.1) is 0 Å². The van der Waals surface area contributed by atoms with Gasteiger partial charge in [0.2, 0.25) is 5.91 Å². The minimum absolute atomic E-state index is 0. The van der Waals surface area contributed by atoms with E-state index < -0.39 is 0 Å². The number of nitrogens with zero attached hydrogens (tertiary/aromatic N) is 3. The van der Waals surface area contributed by atoms with E-state index in [1.807, 2.05) is 0 Å². The van der Waals surface area contributed by atoms with Crippen molar-refractivity contribution < 1.29 is 14.3 Å². The van der Waals surface area contributed by atoms with Crippen LogP contribution in [0.25, 0.3) is 0 Å². The minimum atomic E-state index is -0.0328. The van der Waals surface area contributed by atoms with E-state index in [9.17, 15) is 4.79 Å². The third-order valence-electron chi connectivity index (χ3n) is 3.14. The number of carbonyl (C=O) groups excluding carboxylic acids is 1. The lowest BCUT2D eigenvalue weighted by Crippen LogP contribution is -2.43. The number of amides is 1. The predicted octanol–water partition coefficient (Wildman–Crippen LogP) is -0.157. The Morgan fingerprint density at radius 1 is 1.00 bits per heavy atom. The van der Waals surface area contributed by atoms with E-state index in [4.69, 9.17) is 9.47 Å². The lowest BCUT2D eigenvalue weighted by molar-refractivity contribution is -0.127. The number of methoxy groups -OCH3 is 2. The smallest absolute Gasteiger partial charge is 0.243 e. The molecule has 0 fully saturated rings. The molecular weight excluding hydrogens is 425 g/mol. The molecule has 0 aliphatic carbocycles. The average Bonchev–Trinajstić information content (AvgIpc) is 2.52. The number of hydrogen-bond donors (Lipinski definition) is 2. The van der Waals surface area contributed by atoms with Crippen molar-refractivity contribution in [3.63, 3.8) is 0 Å². The first-order chi connectivity index (χ1) is 11.0. The lowest BCUT2D eigenvalue weighted by Gasteiger charge is -2.18. The molecule has 0 saturated heterocycles. The van der Waals surface area contributed by atoms with Gasteiger partial charge in [-0.2, -0.15) is 0 Å². The number of ether oxygens (including phenoxy) is 2. The van der Waals surface area contributed by atoms with Gasteiger partial charge in [-0.3, -0.25) is 4.79 Å². The van der Waals surface area contributed by atoms with Gasteiger partial charge in [-0.15, -0.1) is 24.0 Å². The van der Waals surface area contributed by atoms with Gasteiger partial charge >= 0.3 is 0 Å². The first kappa shape index (κ1) is 25.6. The van der Waals surface area contributed by atoms with Crippen molar-refractivity contribution in [3.8, 4) is 0 Å². The summed E-state index contributed by atoms with van der Waals surface area (Å²) in [6.07, 6.45) is 1.01. The summed E-state index contributed by atoms with van der Waals surface area (Å²) in [5, 5.41) is 6.38. The summed E-state index contributed by atoms with van der Waals surface area (Å²) in [5.41, 5.74) is 0. The standard InChI is InChI=1S/C15H33N5O3.HI/c1-19(2)14(21)13-18-15(17-8-12-23-5)16-7-10-20(3)9-6-11-22-4;/h6-13H2,1-5H3,(H2,16,17,18);1H. The Balaban J connectivity index is 0. The summed E-state index contributed by atoms with van der Waals surface area (Å²) in [6, 6.07) is 0. The highest BCUT2D eigenvalue weighted by Crippen LogP contribution is 1.87. The summed E-state index contributed by atoms with van der Waals surface area (Å²) < 4.78 is 10.1. The summed E-state index contributed by atoms with van der Waals surface area (Å²) in [6.45, 7) is 4.74. The molecule has 24 heavy (non-hydrogen) atoms. The van der Waals surface area contributed by atoms with Crippen molar-refractivity contribution in [1.29, 1.82) is 0 Å². The zero-order chi connectivity index (χ0) is 17.5. The van der Waals surface area contributed by atoms with Crippen LogP contribution in [-0.4, -0.2) is 103 Å². The van der Waals surface area contributed by atoms with E-state index in [2.05, 4.69) is 27.6 Å². The van der Waals surface area contributed by atoms with Gasteiger partial charge in [0.1, 0.15) is 6.54 Å². The van der Waals surface area contributed by atoms with E-state index in [0.29, 0.717) is 19.1 Å². The van der Waals surface area contributed by atoms with Gasteiger partial charge < -0.3 is 29.9 Å². The largest absolute Gasteiger partial charge is 0.385 e. The Kier molecular flexibility index (Phi) is 18.3. The molecule has 0 aromatic rings. The second-order valence-electron chi connectivity index (χ2n) is 5.45. The molecular formula is C15H34IN5O3. The van der Waals surface area contributed by atoms with E-state index >= 15 is 0 Å². The molecule has 0 aromatic heterocycles. The normalized spacial score (nSPS) is 11.2. The highest BCUT2D eigenvalue weighted by Gasteiger charge is 2.05. The molecule has 2 N–H and O–H groups in total. The van der Waals surface area contributed by atoms with Crippen LogP contribution in [0.3, 0.4) is 0 Å². The van der Waals surface area contributed by atoms with E-state index in [1.54, 1.807) is 28.3 Å². The third-order valence-corrected chi connectivity index (χ3v) is 3.14. The monoisotopic (exact) mass is 459 g/mol. The van der Waals surface area contributed by atoms with Crippen LogP contribution in [0.5, 0.6) is 0 Å². The van der Waals surface area contributed by atoms with Crippen LogP contribution in [0.4, 0.5) is 0 Å². The van der Waals surface area contributed by atoms with Gasteiger partial charge in [0, 0.05) is 61.1 Å². The van der Waals surface area contributed by atoms with E-state index in [-0.39, 0.29) is 36.4 Å². The van der Waals surface area contributed by atoms with Crippen molar-refractivity contribution in [1.82, 2.24) is 20.4 Å². The maximum absolute atomic E-state index is 11.6. The molecule has 0 saturated carbocycles. The molecule has 0 aromatic carbocycles. The van der Waals surface area contributed by atoms with Crippen molar-refractivity contribution >= 4 is 35.8 Å². The molecule has 8 nitrogen and oxygen atoms in total. The number of likely N-dealkylation sites (N-methyl/N-ethyl adjacent to an activating group) is 2. The fourth-order valence-electron chi connectivity index (χ4n) is 1.69. The Labute approximate surface area is 163 Å². The summed E-state index contributed by atoms with van der Waals surface area (Å²) in [5.74, 6) is 0.595. The number of halogens is 1. The molecule has 0 bridgehead atoms. The predicted molar refractivity (Wildman–Crippen MR) is 108 cm³/mol. The van der Waals surface area contributed by atoms with Gasteiger partial charge in [-0.25, -0.2) is 4.99 Å². The Morgan fingerprint density at radius 3 is 2.21 bits per heavy atom. The number of nitrogens with one attached hydrogen (secondary N) is 2. The maximum atomic E-state index is 11.6. The third kappa shape index (κ3) is 14.9. The zero-order valence-corrected chi connectivity index (χ0v) is 18.0. The van der Waals surface area contributed by atoms with Gasteiger partial charge in [-0.1, -0.05) is 0 Å². The second kappa shape index (κ2) is 17.2. The molecule has 0 spiro atoms. The van der Waals surface area contributed by atoms with E-state index in [1.165, 1.54) is 4.90 Å². The van der Waals surface area contributed by atoms with Crippen LogP contribution in [-0.2, 0) is 14.3 Å². The number of rotatable bonds is 12. The molecule has 9 heteroatoms. The number of carbonyl (C=O) groups is 1. The van der Waals surface area contributed by atoms with Crippen LogP contribution in [0.2, 0.25) is 0 Å². The molecule has 1 amide bonds. The van der Waals surface area contributed by atoms with Crippen molar-refractivity contribution in [3.05, 3.63) is 0 Å². The zero-order valence-electron chi connectivity index (χ0n) is 15.6. The first-order valence-corrected chi connectivity index (χ1v) is 7.90. The first-order valence-electron chi connectivity index (χ1n) is 7.90. The SMILES string of the molecule is COCCCN(C)CCNC(=NCC(=O)N(C)C)NCCOC.I. The van der Waals surface area contributed by atoms with Gasteiger partial charge in [0.05, 0.1) is 6.61 Å². The van der Waals surface area contributed by atoms with Crippen LogP contribution in [0.1, 0.15) is 6.42 Å². The van der Waals surface area contributed by atoms with E-state index in [0.717, 1.165) is 32.7 Å². The molecule has 144 valence electrons. The Bertz CT molecular complexity index is 343. The molecule has 0 heterocycles. The summed E-state index contributed by atoms with van der Waals surface area (Å²) in [7, 11) is 8.88. The highest BCUT2D eigenvalue weighted by atomic mass is 127. The number of aliphatic imine (C=N–C) groups is 1. The van der Waals surface area contributed by atoms with Gasteiger partial charge in [0.25, 0.3) is 0 Å². The molecule has 0 aliphatic rings. The molecule has 0 atom stereocenters. The topological polar surface area (TPSA) is 78.4 Å². The van der Waals surface area contributed by atoms with Crippen LogP contribution < -0.4 is 10.6 Å². The Hall–Kier alpha value is -0.650. The fourth-order valence-corrected chi connectivity index (χ4v) is 1.69. The summed E-state index contributed by atoms with van der Waals surface area (Å²) in [4.78, 5) is 19.7. The fraction of sp³-hybridized carbons (Fsp3) is 0.867. The Morgan fingerprint density at radius 2 is 1.62 bits per heavy atom. The van der Waals surface area contributed by atoms with Crippen molar-refractivity contribution in [2.75, 3.05) is 81.3 Å². The second-order valence-corrected chi connectivity index (χ2v) is 5.45. The number of hydrogen-bond acceptors (Lipinski definition) is 5. The highest BCUT2D eigenvalue weighted by molar-refractivity contribution is 14.0. The molecule has 0 rings (SSSR count). The van der Waals surface area contributed by atoms with Crippen molar-refractivity contribution in [2.45, 2.75) is 6.42 Å². The minimum Gasteiger partial charge on any atom is -0.385 e. The number of guanidine groups is 1. The van der Waals surface area contributed by atoms with Crippen LogP contribution in [0.15, 0.2) is 4.99 Å². The van der Waals surface area contributed by atoms with Gasteiger partial charge in [-0.05, 0) is 13.5 Å². The lowest BCUT2D eigenvalue weighted by atomic mass is 10.4. The molecule has 0 unspecified atom stereocenters. The van der Waals surface area contributed by atoms with Crippen molar-refractivity contribution in [2.24, 2.45) is 4.99 Å². The maximum Gasteiger partial charge on any atom is 0.243 e. The summed E-state index contributed by atoms with van der Waals surface area (Å²) >= 11 is 0. The molecule has 0 radical (unpaired) electrons. The van der Waals surface area contributed by atoms with Gasteiger partial charge in [0.15, 0.2) is 5.96 Å². The average molecular weight is 459 g/mol.